The summed E-state index contributed by atoms with van der Waals surface area (Å²) in [5.41, 5.74) is 2.70. The molecular formula is C20H17BrN2O5. The number of hydrogen-bond acceptors (Lipinski definition) is 4. The largest absolute Gasteiger partial charge is 0.488 e. The number of rotatable bonds is 6. The molecule has 8 heteroatoms. The van der Waals surface area contributed by atoms with Crippen LogP contribution >= 0.6 is 15.9 Å². The van der Waals surface area contributed by atoms with Gasteiger partial charge in [-0.05, 0) is 36.8 Å². The van der Waals surface area contributed by atoms with Gasteiger partial charge in [-0.3, -0.25) is 9.59 Å². The van der Waals surface area contributed by atoms with E-state index in [9.17, 15) is 14.4 Å². The van der Waals surface area contributed by atoms with Gasteiger partial charge in [-0.2, -0.15) is 0 Å². The van der Waals surface area contributed by atoms with Crippen LogP contribution in [-0.2, 0) is 16.2 Å². The van der Waals surface area contributed by atoms with E-state index in [1.807, 2.05) is 31.2 Å². The van der Waals surface area contributed by atoms with Gasteiger partial charge in [0.1, 0.15) is 24.6 Å². The maximum absolute atomic E-state index is 12.3. The van der Waals surface area contributed by atoms with Crippen molar-refractivity contribution in [3.8, 4) is 5.75 Å². The second kappa shape index (κ2) is 8.26. The highest BCUT2D eigenvalue weighted by Gasteiger charge is 2.35. The van der Waals surface area contributed by atoms with Crippen molar-refractivity contribution in [2.75, 3.05) is 6.54 Å². The SMILES string of the molecule is Cc1ccc(COc2ccc(Br)cc2/C=C2/NC(=O)N(CC(=O)O)C2=O)cc1. The highest BCUT2D eigenvalue weighted by atomic mass is 79.9. The monoisotopic (exact) mass is 444 g/mol. The van der Waals surface area contributed by atoms with Crippen LogP contribution in [0.1, 0.15) is 16.7 Å². The lowest BCUT2D eigenvalue weighted by Crippen LogP contribution is -2.35. The molecule has 3 amide bonds. The molecule has 0 saturated carbocycles. The van der Waals surface area contributed by atoms with E-state index < -0.39 is 24.5 Å². The Morgan fingerprint density at radius 1 is 1.21 bits per heavy atom. The van der Waals surface area contributed by atoms with Crippen LogP contribution in [0.2, 0.25) is 0 Å². The summed E-state index contributed by atoms with van der Waals surface area (Å²) in [4.78, 5) is 35.7. The zero-order valence-corrected chi connectivity index (χ0v) is 16.5. The van der Waals surface area contributed by atoms with Gasteiger partial charge in [-0.1, -0.05) is 45.8 Å². The van der Waals surface area contributed by atoms with Crippen molar-refractivity contribution in [1.82, 2.24) is 10.2 Å². The fourth-order valence-electron chi connectivity index (χ4n) is 2.61. The Bertz CT molecular complexity index is 969. The molecule has 0 radical (unpaired) electrons. The third-order valence-electron chi connectivity index (χ3n) is 4.04. The second-order valence-corrected chi connectivity index (χ2v) is 7.15. The van der Waals surface area contributed by atoms with Crippen molar-refractivity contribution in [2.24, 2.45) is 0 Å². The summed E-state index contributed by atoms with van der Waals surface area (Å²) in [6, 6.07) is 12.5. The molecule has 2 aromatic rings. The Hall–Kier alpha value is -3.13. The van der Waals surface area contributed by atoms with Gasteiger partial charge >= 0.3 is 12.0 Å². The zero-order chi connectivity index (χ0) is 20.3. The number of carbonyl (C=O) groups is 3. The number of benzene rings is 2. The first-order valence-electron chi connectivity index (χ1n) is 8.38. The van der Waals surface area contributed by atoms with Gasteiger partial charge in [0.15, 0.2) is 0 Å². The van der Waals surface area contributed by atoms with Crippen molar-refractivity contribution in [2.45, 2.75) is 13.5 Å². The van der Waals surface area contributed by atoms with E-state index >= 15 is 0 Å². The number of aliphatic carboxylic acids is 1. The summed E-state index contributed by atoms with van der Waals surface area (Å²) < 4.78 is 6.65. The fourth-order valence-corrected chi connectivity index (χ4v) is 2.99. The van der Waals surface area contributed by atoms with E-state index in [4.69, 9.17) is 9.84 Å². The minimum absolute atomic E-state index is 0.00969. The summed E-state index contributed by atoms with van der Waals surface area (Å²) in [7, 11) is 0. The lowest BCUT2D eigenvalue weighted by molar-refractivity contribution is -0.140. The van der Waals surface area contributed by atoms with E-state index in [-0.39, 0.29) is 5.70 Å². The molecule has 2 N–H and O–H groups in total. The third-order valence-corrected chi connectivity index (χ3v) is 4.54. The number of carboxylic acids is 1. The summed E-state index contributed by atoms with van der Waals surface area (Å²) in [5.74, 6) is -1.44. The molecule has 1 fully saturated rings. The maximum Gasteiger partial charge on any atom is 0.329 e. The number of aryl methyl sites for hydroxylation is 1. The number of halogens is 1. The van der Waals surface area contributed by atoms with Gasteiger partial charge in [0.05, 0.1) is 0 Å². The van der Waals surface area contributed by atoms with Crippen LogP contribution in [0.5, 0.6) is 5.75 Å². The van der Waals surface area contributed by atoms with Crippen molar-refractivity contribution < 1.29 is 24.2 Å². The Labute approximate surface area is 169 Å². The molecule has 3 rings (SSSR count). The molecule has 1 aliphatic rings. The van der Waals surface area contributed by atoms with Crippen molar-refractivity contribution in [3.05, 3.63) is 69.3 Å². The van der Waals surface area contributed by atoms with Crippen LogP contribution < -0.4 is 10.1 Å². The molecule has 0 bridgehead atoms. The average molecular weight is 445 g/mol. The number of nitrogens with zero attached hydrogens (tertiary/aromatic N) is 1. The number of carbonyl (C=O) groups excluding carboxylic acids is 2. The van der Waals surface area contributed by atoms with Gasteiger partial charge in [-0.15, -0.1) is 0 Å². The molecule has 1 aliphatic heterocycles. The molecule has 0 aliphatic carbocycles. The summed E-state index contributed by atoms with van der Waals surface area (Å²) >= 11 is 3.38. The van der Waals surface area contributed by atoms with Gasteiger partial charge < -0.3 is 15.2 Å². The number of hydrogen-bond donors (Lipinski definition) is 2. The van der Waals surface area contributed by atoms with Gasteiger partial charge in [0, 0.05) is 10.0 Å². The standard InChI is InChI=1S/C20H17BrN2O5/c1-12-2-4-13(5-3-12)11-28-17-7-6-15(21)8-14(17)9-16-19(26)23(10-18(24)25)20(27)22-16/h2-9H,10-11H2,1H3,(H,22,27)(H,24,25)/b16-9+. The van der Waals surface area contributed by atoms with Crippen LogP contribution in [-0.4, -0.2) is 34.5 Å². The molecule has 0 atom stereocenters. The number of ether oxygens (including phenoxy) is 1. The number of urea groups is 1. The summed E-state index contributed by atoms with van der Waals surface area (Å²) in [6.45, 7) is 1.64. The molecule has 144 valence electrons. The summed E-state index contributed by atoms with van der Waals surface area (Å²) in [5, 5.41) is 11.2. The fraction of sp³-hybridized carbons (Fsp3) is 0.150. The van der Waals surface area contributed by atoms with Crippen LogP contribution in [0.3, 0.4) is 0 Å². The van der Waals surface area contributed by atoms with E-state index in [1.165, 1.54) is 6.08 Å². The second-order valence-electron chi connectivity index (χ2n) is 6.23. The molecular weight excluding hydrogens is 428 g/mol. The number of imide groups is 1. The molecule has 0 unspecified atom stereocenters. The Morgan fingerprint density at radius 2 is 1.93 bits per heavy atom. The van der Waals surface area contributed by atoms with E-state index in [2.05, 4.69) is 21.2 Å². The highest BCUT2D eigenvalue weighted by Crippen LogP contribution is 2.27. The first-order valence-corrected chi connectivity index (χ1v) is 9.17. The molecule has 7 nitrogen and oxygen atoms in total. The normalized spacial score (nSPS) is 15.1. The molecule has 2 aromatic carbocycles. The van der Waals surface area contributed by atoms with Crippen molar-refractivity contribution in [3.63, 3.8) is 0 Å². The zero-order valence-electron chi connectivity index (χ0n) is 14.9. The quantitative estimate of drug-likeness (QED) is 0.526. The number of nitrogens with one attached hydrogen (secondary N) is 1. The van der Waals surface area contributed by atoms with E-state index in [0.29, 0.717) is 22.8 Å². The predicted octanol–water partition coefficient (Wildman–Crippen LogP) is 3.31. The first-order chi connectivity index (χ1) is 13.3. The van der Waals surface area contributed by atoms with Crippen molar-refractivity contribution >= 4 is 39.9 Å². The highest BCUT2D eigenvalue weighted by molar-refractivity contribution is 9.10. The maximum atomic E-state index is 12.3. The van der Waals surface area contributed by atoms with Crippen LogP contribution in [0.15, 0.2) is 52.6 Å². The number of amides is 3. The molecule has 0 spiro atoms. The van der Waals surface area contributed by atoms with E-state index in [1.54, 1.807) is 18.2 Å². The average Bonchev–Trinajstić information content (AvgIpc) is 2.89. The number of carboxylic acid groups (broad SMARTS) is 1. The van der Waals surface area contributed by atoms with Crippen LogP contribution in [0, 0.1) is 6.92 Å². The van der Waals surface area contributed by atoms with Gasteiger partial charge in [0.25, 0.3) is 5.91 Å². The molecule has 28 heavy (non-hydrogen) atoms. The molecule has 0 aromatic heterocycles. The van der Waals surface area contributed by atoms with Crippen LogP contribution in [0.25, 0.3) is 6.08 Å². The van der Waals surface area contributed by atoms with Gasteiger partial charge in [-0.25, -0.2) is 9.69 Å². The Morgan fingerprint density at radius 3 is 2.61 bits per heavy atom. The van der Waals surface area contributed by atoms with Crippen LogP contribution in [0.4, 0.5) is 4.79 Å². The third kappa shape index (κ3) is 4.58. The van der Waals surface area contributed by atoms with Gasteiger partial charge in [0.2, 0.25) is 0 Å². The smallest absolute Gasteiger partial charge is 0.329 e. The Kier molecular flexibility index (Phi) is 5.79. The lowest BCUT2D eigenvalue weighted by Gasteiger charge is -2.11. The minimum Gasteiger partial charge on any atom is -0.488 e. The topological polar surface area (TPSA) is 95.9 Å². The lowest BCUT2D eigenvalue weighted by atomic mass is 10.1. The summed E-state index contributed by atoms with van der Waals surface area (Å²) in [6.07, 6.45) is 1.47. The molecule has 1 saturated heterocycles. The molecule has 1 heterocycles. The van der Waals surface area contributed by atoms with Crippen molar-refractivity contribution in [1.29, 1.82) is 0 Å². The Balaban J connectivity index is 1.83. The first kappa shape index (κ1) is 19.6. The minimum atomic E-state index is -1.27. The van der Waals surface area contributed by atoms with E-state index in [0.717, 1.165) is 15.6 Å². The predicted molar refractivity (Wildman–Crippen MR) is 106 cm³/mol.